The molecule has 0 atom stereocenters. The van der Waals surface area contributed by atoms with Gasteiger partial charge < -0.3 is 25.3 Å². The molecule has 2 rings (SSSR count). The number of imidazole rings is 1. The first-order valence-corrected chi connectivity index (χ1v) is 7.24. The summed E-state index contributed by atoms with van der Waals surface area (Å²) in [4.78, 5) is 37.3. The lowest BCUT2D eigenvalue weighted by Gasteiger charge is -2.09. The van der Waals surface area contributed by atoms with Gasteiger partial charge in [-0.25, -0.2) is 14.3 Å². The smallest absolute Gasteiger partial charge is 0.342 e. The molecule has 0 aliphatic rings. The van der Waals surface area contributed by atoms with Crippen LogP contribution in [0.15, 0.2) is 24.4 Å². The number of hydrogen-bond acceptors (Lipinski definition) is 7. The van der Waals surface area contributed by atoms with Gasteiger partial charge in [-0.15, -0.1) is 0 Å². The van der Waals surface area contributed by atoms with Crippen LogP contribution >= 0.6 is 0 Å². The normalized spacial score (nSPS) is 10.3. The van der Waals surface area contributed by atoms with Crippen LogP contribution in [0.2, 0.25) is 0 Å². The Bertz CT molecular complexity index is 829. The maximum atomic E-state index is 12.1. The monoisotopic (exact) mass is 348 g/mol. The number of nitro groups is 1. The Kier molecular flexibility index (Phi) is 5.32. The lowest BCUT2D eigenvalue weighted by Crippen LogP contribution is -2.14. The second kappa shape index (κ2) is 7.43. The quantitative estimate of drug-likeness (QED) is 0.350. The molecule has 2 N–H and O–H groups in total. The standard InChI is InChI=1S/C15H16N4O6/c1-9-16-8-14(19(23)24)18(9)5-6-25-15(22)12-7-11(17-10(2)20)3-4-13(12)21/h3-4,7-8,21H,5-6H2,1-2H3,(H,17,20). The van der Waals surface area contributed by atoms with Crippen molar-refractivity contribution >= 4 is 23.4 Å². The van der Waals surface area contributed by atoms with E-state index in [1.165, 1.54) is 29.7 Å². The molecule has 2 aromatic rings. The van der Waals surface area contributed by atoms with Crippen molar-refractivity contribution in [2.45, 2.75) is 20.4 Å². The molecule has 0 aliphatic heterocycles. The molecule has 10 nitrogen and oxygen atoms in total. The van der Waals surface area contributed by atoms with Crippen LogP contribution in [-0.4, -0.2) is 38.1 Å². The molecule has 0 unspecified atom stereocenters. The van der Waals surface area contributed by atoms with Crippen LogP contribution in [0, 0.1) is 17.0 Å². The Balaban J connectivity index is 2.05. The third-order valence-corrected chi connectivity index (χ3v) is 3.31. The van der Waals surface area contributed by atoms with Gasteiger partial charge in [-0.2, -0.15) is 0 Å². The second-order valence-electron chi connectivity index (χ2n) is 5.12. The van der Waals surface area contributed by atoms with Crippen LogP contribution in [0.25, 0.3) is 0 Å². The summed E-state index contributed by atoms with van der Waals surface area (Å²) in [6.45, 7) is 2.80. The molecular weight excluding hydrogens is 332 g/mol. The highest BCUT2D eigenvalue weighted by Gasteiger charge is 2.19. The molecule has 132 valence electrons. The number of nitrogens with zero attached hydrogens (tertiary/aromatic N) is 3. The average Bonchev–Trinajstić information content (AvgIpc) is 2.90. The third kappa shape index (κ3) is 4.31. The number of aromatic hydroxyl groups is 1. The van der Waals surface area contributed by atoms with E-state index < -0.39 is 10.9 Å². The van der Waals surface area contributed by atoms with E-state index in [-0.39, 0.29) is 36.2 Å². The lowest BCUT2D eigenvalue weighted by molar-refractivity contribution is -0.392. The minimum absolute atomic E-state index is 0.0417. The second-order valence-corrected chi connectivity index (χ2v) is 5.12. The number of benzene rings is 1. The van der Waals surface area contributed by atoms with E-state index in [1.807, 2.05) is 0 Å². The van der Waals surface area contributed by atoms with E-state index in [1.54, 1.807) is 6.92 Å². The van der Waals surface area contributed by atoms with Gasteiger partial charge in [-0.3, -0.25) is 4.79 Å². The van der Waals surface area contributed by atoms with E-state index in [0.717, 1.165) is 6.20 Å². The van der Waals surface area contributed by atoms with Crippen molar-refractivity contribution in [3.8, 4) is 5.75 Å². The molecular formula is C15H16N4O6. The maximum Gasteiger partial charge on any atom is 0.342 e. The fraction of sp³-hybridized carbons (Fsp3) is 0.267. The van der Waals surface area contributed by atoms with Gasteiger partial charge in [0.25, 0.3) is 0 Å². The summed E-state index contributed by atoms with van der Waals surface area (Å²) >= 11 is 0. The van der Waals surface area contributed by atoms with E-state index in [4.69, 9.17) is 4.74 Å². The Morgan fingerprint density at radius 3 is 2.80 bits per heavy atom. The van der Waals surface area contributed by atoms with Crippen molar-refractivity contribution in [2.24, 2.45) is 0 Å². The summed E-state index contributed by atoms with van der Waals surface area (Å²) in [5.41, 5.74) is 0.210. The van der Waals surface area contributed by atoms with Gasteiger partial charge in [0.1, 0.15) is 30.7 Å². The Hall–Kier alpha value is -3.43. The van der Waals surface area contributed by atoms with Gasteiger partial charge >= 0.3 is 11.8 Å². The predicted molar refractivity (Wildman–Crippen MR) is 86.3 cm³/mol. The number of carbonyl (C=O) groups excluding carboxylic acids is 2. The number of esters is 1. The van der Waals surface area contributed by atoms with Crippen molar-refractivity contribution in [2.75, 3.05) is 11.9 Å². The number of nitrogens with one attached hydrogen (secondary N) is 1. The fourth-order valence-electron chi connectivity index (χ4n) is 2.17. The number of ether oxygens (including phenoxy) is 1. The highest BCUT2D eigenvalue weighted by molar-refractivity contribution is 5.95. The molecule has 0 fully saturated rings. The highest BCUT2D eigenvalue weighted by atomic mass is 16.6. The topological polar surface area (TPSA) is 137 Å². The van der Waals surface area contributed by atoms with E-state index in [2.05, 4.69) is 10.3 Å². The Labute approximate surface area is 142 Å². The van der Waals surface area contributed by atoms with Crippen LogP contribution in [0.4, 0.5) is 11.5 Å². The van der Waals surface area contributed by atoms with Crippen LogP contribution < -0.4 is 5.32 Å². The van der Waals surface area contributed by atoms with Crippen molar-refractivity contribution in [3.63, 3.8) is 0 Å². The minimum Gasteiger partial charge on any atom is -0.507 e. The molecule has 1 heterocycles. The van der Waals surface area contributed by atoms with Crippen molar-refractivity contribution in [1.82, 2.24) is 9.55 Å². The zero-order chi connectivity index (χ0) is 18.6. The first-order valence-electron chi connectivity index (χ1n) is 7.24. The number of amides is 1. The van der Waals surface area contributed by atoms with Gasteiger partial charge in [-0.1, -0.05) is 0 Å². The first-order chi connectivity index (χ1) is 11.8. The summed E-state index contributed by atoms with van der Waals surface area (Å²) in [5.74, 6) is -1.23. The summed E-state index contributed by atoms with van der Waals surface area (Å²) in [6, 6.07) is 3.97. The average molecular weight is 348 g/mol. The number of aromatic nitrogens is 2. The number of aryl methyl sites for hydroxylation is 1. The van der Waals surface area contributed by atoms with Crippen LogP contribution in [-0.2, 0) is 16.1 Å². The lowest BCUT2D eigenvalue weighted by atomic mass is 10.2. The SMILES string of the molecule is CC(=O)Nc1ccc(O)c(C(=O)OCCn2c([N+](=O)[O-])cnc2C)c1. The number of phenolic OH excluding ortho intramolecular Hbond substituents is 1. The summed E-state index contributed by atoms with van der Waals surface area (Å²) in [5, 5.41) is 23.1. The van der Waals surface area contributed by atoms with Gasteiger partial charge in [0.05, 0.1) is 0 Å². The van der Waals surface area contributed by atoms with Crippen molar-refractivity contribution in [1.29, 1.82) is 0 Å². The molecule has 0 spiro atoms. The van der Waals surface area contributed by atoms with Gasteiger partial charge in [0.2, 0.25) is 5.91 Å². The van der Waals surface area contributed by atoms with E-state index in [0.29, 0.717) is 11.5 Å². The van der Waals surface area contributed by atoms with Gasteiger partial charge in [-0.05, 0) is 23.1 Å². The molecule has 0 aliphatic carbocycles. The zero-order valence-electron chi connectivity index (χ0n) is 13.6. The number of hydrogen-bond donors (Lipinski definition) is 2. The molecule has 25 heavy (non-hydrogen) atoms. The molecule has 0 saturated carbocycles. The highest BCUT2D eigenvalue weighted by Crippen LogP contribution is 2.22. The van der Waals surface area contributed by atoms with Crippen molar-refractivity contribution < 1.29 is 24.4 Å². The van der Waals surface area contributed by atoms with Crippen LogP contribution in [0.5, 0.6) is 5.75 Å². The zero-order valence-corrected chi connectivity index (χ0v) is 13.6. The van der Waals surface area contributed by atoms with Gasteiger partial charge in [0, 0.05) is 19.5 Å². The number of anilines is 1. The number of carbonyl (C=O) groups is 2. The molecule has 1 aromatic heterocycles. The largest absolute Gasteiger partial charge is 0.507 e. The Morgan fingerprint density at radius 2 is 2.16 bits per heavy atom. The molecule has 1 amide bonds. The van der Waals surface area contributed by atoms with E-state index >= 15 is 0 Å². The summed E-state index contributed by atoms with van der Waals surface area (Å²) in [7, 11) is 0. The molecule has 0 saturated heterocycles. The maximum absolute atomic E-state index is 12.1. The summed E-state index contributed by atoms with van der Waals surface area (Å²) in [6.07, 6.45) is 1.12. The number of rotatable bonds is 6. The fourth-order valence-corrected chi connectivity index (χ4v) is 2.17. The molecule has 1 aromatic carbocycles. The minimum atomic E-state index is -0.815. The van der Waals surface area contributed by atoms with Crippen LogP contribution in [0.3, 0.4) is 0 Å². The van der Waals surface area contributed by atoms with E-state index in [9.17, 15) is 24.8 Å². The molecule has 0 radical (unpaired) electrons. The molecule has 10 heteroatoms. The predicted octanol–water partition coefficient (Wildman–Crippen LogP) is 1.62. The third-order valence-electron chi connectivity index (χ3n) is 3.31. The molecule has 0 bridgehead atoms. The van der Waals surface area contributed by atoms with Gasteiger partial charge in [0.15, 0.2) is 5.82 Å². The first kappa shape index (κ1) is 17.9. The summed E-state index contributed by atoms with van der Waals surface area (Å²) < 4.78 is 6.36. The number of phenols is 1. The van der Waals surface area contributed by atoms with Crippen LogP contribution in [0.1, 0.15) is 23.1 Å². The van der Waals surface area contributed by atoms with Crippen molar-refractivity contribution in [3.05, 3.63) is 45.9 Å². The Morgan fingerprint density at radius 1 is 1.44 bits per heavy atom.